The SMILES string of the molecule is CCCN(CCC)C(=O)c1cc(C)cc(C(=O)N[C@@H](Cc2cc(F)cc(F)c2)C(O)C2CCC(Cc3ccccc3)CN2)c1. The van der Waals surface area contributed by atoms with E-state index in [1.165, 1.54) is 17.7 Å². The van der Waals surface area contributed by atoms with Gasteiger partial charge < -0.3 is 20.6 Å². The fraction of sp³-hybridized carbons (Fsp3) is 0.444. The summed E-state index contributed by atoms with van der Waals surface area (Å²) in [5, 5.41) is 18.0. The Balaban J connectivity index is 1.52. The van der Waals surface area contributed by atoms with Crippen molar-refractivity contribution in [2.45, 2.75) is 77.5 Å². The van der Waals surface area contributed by atoms with Crippen molar-refractivity contribution in [3.63, 3.8) is 0 Å². The molecule has 236 valence electrons. The van der Waals surface area contributed by atoms with E-state index in [9.17, 15) is 23.5 Å². The normalized spacial score (nSPS) is 18.0. The highest BCUT2D eigenvalue weighted by atomic mass is 19.1. The first-order valence-corrected chi connectivity index (χ1v) is 15.8. The minimum Gasteiger partial charge on any atom is -0.389 e. The van der Waals surface area contributed by atoms with Crippen LogP contribution in [0.1, 0.15) is 76.9 Å². The molecule has 0 bridgehead atoms. The molecule has 3 aromatic rings. The summed E-state index contributed by atoms with van der Waals surface area (Å²) in [5.74, 6) is -1.61. The lowest BCUT2D eigenvalue weighted by Gasteiger charge is -2.36. The van der Waals surface area contributed by atoms with E-state index < -0.39 is 29.7 Å². The van der Waals surface area contributed by atoms with Gasteiger partial charge in [-0.25, -0.2) is 8.78 Å². The zero-order valence-electron chi connectivity index (χ0n) is 26.0. The van der Waals surface area contributed by atoms with Gasteiger partial charge in [-0.1, -0.05) is 44.2 Å². The molecule has 1 aliphatic rings. The lowest BCUT2D eigenvalue weighted by molar-refractivity contribution is 0.0599. The van der Waals surface area contributed by atoms with E-state index in [0.717, 1.165) is 37.3 Å². The minimum atomic E-state index is -1.02. The molecule has 2 amide bonds. The number of piperidine rings is 1. The maximum Gasteiger partial charge on any atom is 0.253 e. The van der Waals surface area contributed by atoms with Crippen molar-refractivity contribution < 1.29 is 23.5 Å². The van der Waals surface area contributed by atoms with Crippen LogP contribution in [0, 0.1) is 24.5 Å². The molecule has 4 atom stereocenters. The molecule has 6 nitrogen and oxygen atoms in total. The van der Waals surface area contributed by atoms with Crippen LogP contribution in [0.2, 0.25) is 0 Å². The maximum absolute atomic E-state index is 14.1. The van der Waals surface area contributed by atoms with E-state index in [4.69, 9.17) is 0 Å². The average Bonchev–Trinajstić information content (AvgIpc) is 3.00. The number of halogens is 2. The van der Waals surface area contributed by atoms with Crippen molar-refractivity contribution in [3.8, 4) is 0 Å². The van der Waals surface area contributed by atoms with E-state index >= 15 is 0 Å². The van der Waals surface area contributed by atoms with Crippen LogP contribution in [0.5, 0.6) is 0 Å². The van der Waals surface area contributed by atoms with Gasteiger partial charge in [0.1, 0.15) is 11.6 Å². The fourth-order valence-electron chi connectivity index (χ4n) is 6.20. The largest absolute Gasteiger partial charge is 0.389 e. The third kappa shape index (κ3) is 9.19. The summed E-state index contributed by atoms with van der Waals surface area (Å²) < 4.78 is 28.2. The van der Waals surface area contributed by atoms with E-state index in [-0.39, 0.29) is 18.4 Å². The molecule has 8 heteroatoms. The first-order valence-electron chi connectivity index (χ1n) is 15.8. The van der Waals surface area contributed by atoms with E-state index in [2.05, 4.69) is 22.8 Å². The van der Waals surface area contributed by atoms with E-state index in [0.29, 0.717) is 48.7 Å². The number of carbonyl (C=O) groups is 2. The molecular weight excluding hydrogens is 560 g/mol. The number of aliphatic hydroxyl groups is 1. The van der Waals surface area contributed by atoms with Gasteiger partial charge in [-0.3, -0.25) is 9.59 Å². The number of aryl methyl sites for hydroxylation is 1. The number of carbonyl (C=O) groups excluding carboxylic acids is 2. The Bertz CT molecular complexity index is 1370. The Hall–Kier alpha value is -3.62. The van der Waals surface area contributed by atoms with Crippen molar-refractivity contribution in [2.24, 2.45) is 5.92 Å². The van der Waals surface area contributed by atoms with Crippen LogP contribution in [0.15, 0.2) is 66.7 Å². The highest BCUT2D eigenvalue weighted by Crippen LogP contribution is 2.23. The van der Waals surface area contributed by atoms with Crippen molar-refractivity contribution in [1.29, 1.82) is 0 Å². The zero-order chi connectivity index (χ0) is 31.6. The second-order valence-corrected chi connectivity index (χ2v) is 12.1. The van der Waals surface area contributed by atoms with Crippen molar-refractivity contribution in [2.75, 3.05) is 19.6 Å². The van der Waals surface area contributed by atoms with Gasteiger partial charge in [0.15, 0.2) is 0 Å². The third-order valence-corrected chi connectivity index (χ3v) is 8.30. The van der Waals surface area contributed by atoms with Crippen LogP contribution < -0.4 is 10.6 Å². The molecule has 3 N–H and O–H groups in total. The van der Waals surface area contributed by atoms with Gasteiger partial charge in [-0.15, -0.1) is 0 Å². The summed E-state index contributed by atoms with van der Waals surface area (Å²) in [4.78, 5) is 28.8. The predicted molar refractivity (Wildman–Crippen MR) is 170 cm³/mol. The molecule has 3 unspecified atom stereocenters. The molecule has 4 rings (SSSR count). The number of hydrogen-bond donors (Lipinski definition) is 3. The highest BCUT2D eigenvalue weighted by Gasteiger charge is 2.33. The molecule has 1 fully saturated rings. The van der Waals surface area contributed by atoms with Crippen LogP contribution >= 0.6 is 0 Å². The summed E-state index contributed by atoms with van der Waals surface area (Å²) in [5.41, 5.74) is 3.08. The number of nitrogens with one attached hydrogen (secondary N) is 2. The predicted octanol–water partition coefficient (Wildman–Crippen LogP) is 5.85. The Labute approximate surface area is 259 Å². The number of aliphatic hydroxyl groups excluding tert-OH is 1. The van der Waals surface area contributed by atoms with Gasteiger partial charge in [0.05, 0.1) is 12.1 Å². The van der Waals surface area contributed by atoms with Gasteiger partial charge in [-0.2, -0.15) is 0 Å². The van der Waals surface area contributed by atoms with E-state index in [1.54, 1.807) is 23.1 Å². The smallest absolute Gasteiger partial charge is 0.253 e. The number of rotatable bonds is 13. The van der Waals surface area contributed by atoms with Crippen LogP contribution in [0.3, 0.4) is 0 Å². The average molecular weight is 606 g/mol. The van der Waals surface area contributed by atoms with E-state index in [1.807, 2.05) is 39.0 Å². The zero-order valence-corrected chi connectivity index (χ0v) is 26.0. The molecule has 0 aromatic heterocycles. The summed E-state index contributed by atoms with van der Waals surface area (Å²) in [6.07, 6.45) is 3.19. The molecule has 1 heterocycles. The fourth-order valence-corrected chi connectivity index (χ4v) is 6.20. The topological polar surface area (TPSA) is 81.7 Å². The Morgan fingerprint density at radius 2 is 1.59 bits per heavy atom. The molecule has 0 spiro atoms. The summed E-state index contributed by atoms with van der Waals surface area (Å²) in [6, 6.07) is 17.4. The Morgan fingerprint density at radius 1 is 0.932 bits per heavy atom. The van der Waals surface area contributed by atoms with Crippen molar-refractivity contribution in [3.05, 3.63) is 106 Å². The van der Waals surface area contributed by atoms with Crippen molar-refractivity contribution >= 4 is 11.8 Å². The van der Waals surface area contributed by atoms with Gasteiger partial charge in [-0.05, 0) is 105 Å². The van der Waals surface area contributed by atoms with Gasteiger partial charge in [0.2, 0.25) is 0 Å². The standard InChI is InChI=1S/C36H45F2N3O3/c1-4-13-41(14-5-2)36(44)29-16-24(3)15-28(21-29)35(43)40-33(20-27-18-30(37)22-31(38)19-27)34(42)32-12-11-26(23-39-32)17-25-9-7-6-8-10-25/h6-10,15-16,18-19,21-22,26,32-34,39,42H,4-5,11-14,17,20,23H2,1-3H3,(H,40,43)/t26?,32?,33-,34?/m0/s1. The summed E-state index contributed by atoms with van der Waals surface area (Å²) >= 11 is 0. The number of benzene rings is 3. The molecule has 0 saturated carbocycles. The quantitative estimate of drug-likeness (QED) is 0.228. The number of hydrogen-bond acceptors (Lipinski definition) is 4. The first kappa shape index (κ1) is 33.3. The third-order valence-electron chi connectivity index (χ3n) is 8.30. The Morgan fingerprint density at radius 3 is 2.20 bits per heavy atom. The maximum atomic E-state index is 14.1. The molecule has 1 aliphatic heterocycles. The van der Waals surface area contributed by atoms with Crippen LogP contribution in [0.25, 0.3) is 0 Å². The monoisotopic (exact) mass is 605 g/mol. The van der Waals surface area contributed by atoms with Crippen LogP contribution in [0.4, 0.5) is 8.78 Å². The second-order valence-electron chi connectivity index (χ2n) is 12.1. The van der Waals surface area contributed by atoms with Crippen LogP contribution in [-0.4, -0.2) is 59.6 Å². The summed E-state index contributed by atoms with van der Waals surface area (Å²) in [7, 11) is 0. The molecule has 1 saturated heterocycles. The highest BCUT2D eigenvalue weighted by molar-refractivity contribution is 6.00. The summed E-state index contributed by atoms with van der Waals surface area (Å²) in [6.45, 7) is 7.83. The molecule has 0 radical (unpaired) electrons. The van der Waals surface area contributed by atoms with Gasteiger partial charge in [0, 0.05) is 36.3 Å². The molecule has 3 aromatic carbocycles. The lowest BCUT2D eigenvalue weighted by Crippen LogP contribution is -2.56. The second kappa shape index (κ2) is 15.9. The number of amides is 2. The first-order chi connectivity index (χ1) is 21.2. The van der Waals surface area contributed by atoms with Gasteiger partial charge in [0.25, 0.3) is 11.8 Å². The Kier molecular flexibility index (Phi) is 12.0. The van der Waals surface area contributed by atoms with Gasteiger partial charge >= 0.3 is 0 Å². The molecule has 0 aliphatic carbocycles. The lowest BCUT2D eigenvalue weighted by atomic mass is 9.85. The number of nitrogens with zero attached hydrogens (tertiary/aromatic N) is 1. The van der Waals surface area contributed by atoms with Crippen molar-refractivity contribution in [1.82, 2.24) is 15.5 Å². The molecular formula is C36H45F2N3O3. The molecule has 44 heavy (non-hydrogen) atoms. The van der Waals surface area contributed by atoms with Crippen LogP contribution in [-0.2, 0) is 12.8 Å². The minimum absolute atomic E-state index is 0.0333.